The predicted octanol–water partition coefficient (Wildman–Crippen LogP) is 6.97. The number of carbonyl (C=O) groups is 1. The molecule has 1 aromatic heterocycles. The van der Waals surface area contributed by atoms with E-state index >= 15 is 0 Å². The molecule has 5 nitrogen and oxygen atoms in total. The van der Waals surface area contributed by atoms with Crippen LogP contribution in [-0.4, -0.2) is 20.7 Å². The Bertz CT molecular complexity index is 1320. The highest BCUT2D eigenvalue weighted by atomic mass is 35.5. The topological polar surface area (TPSA) is 59.8 Å². The highest BCUT2D eigenvalue weighted by Gasteiger charge is 2.22. The first-order chi connectivity index (χ1) is 16.3. The Kier molecular flexibility index (Phi) is 7.61. The number of nitrogens with zero attached hydrogens (tertiary/aromatic N) is 3. The molecule has 0 radical (unpaired) electrons. The van der Waals surface area contributed by atoms with Gasteiger partial charge < -0.3 is 5.32 Å². The zero-order valence-electron chi connectivity index (χ0n) is 19.0. The lowest BCUT2D eigenvalue weighted by atomic mass is 10.1. The molecule has 1 heterocycles. The van der Waals surface area contributed by atoms with Crippen LogP contribution in [0.25, 0.3) is 5.69 Å². The SMILES string of the molecule is Cc1ccc(-n2c(SCc3ccccc3C)nnc2[C@H](C)NC(=O)c2ccc(Cl)c(Cl)c2)cc1. The molecule has 174 valence electrons. The molecular weight excluding hydrogens is 487 g/mol. The largest absolute Gasteiger partial charge is 0.342 e. The van der Waals surface area contributed by atoms with Crippen LogP contribution >= 0.6 is 35.0 Å². The number of halogens is 2. The maximum absolute atomic E-state index is 12.9. The van der Waals surface area contributed by atoms with Crippen LogP contribution in [0.5, 0.6) is 0 Å². The summed E-state index contributed by atoms with van der Waals surface area (Å²) >= 11 is 13.7. The van der Waals surface area contributed by atoms with E-state index in [0.717, 1.165) is 22.2 Å². The number of hydrogen-bond donors (Lipinski definition) is 1. The first kappa shape index (κ1) is 24.3. The van der Waals surface area contributed by atoms with Crippen LogP contribution < -0.4 is 5.32 Å². The van der Waals surface area contributed by atoms with Crippen molar-refractivity contribution in [1.82, 2.24) is 20.1 Å². The lowest BCUT2D eigenvalue weighted by Gasteiger charge is -2.17. The van der Waals surface area contributed by atoms with Crippen LogP contribution in [0.2, 0.25) is 10.0 Å². The van der Waals surface area contributed by atoms with Crippen molar-refractivity contribution < 1.29 is 4.79 Å². The van der Waals surface area contributed by atoms with E-state index in [9.17, 15) is 4.79 Å². The Morgan fingerprint density at radius 3 is 2.44 bits per heavy atom. The van der Waals surface area contributed by atoms with E-state index in [1.807, 2.05) is 54.8 Å². The summed E-state index contributed by atoms with van der Waals surface area (Å²) in [5.41, 5.74) is 5.01. The molecule has 1 atom stereocenters. The fourth-order valence-electron chi connectivity index (χ4n) is 3.49. The van der Waals surface area contributed by atoms with E-state index in [-0.39, 0.29) is 5.91 Å². The summed E-state index contributed by atoms with van der Waals surface area (Å²) in [6, 6.07) is 20.9. The Balaban J connectivity index is 1.63. The monoisotopic (exact) mass is 510 g/mol. The Morgan fingerprint density at radius 1 is 1.00 bits per heavy atom. The zero-order chi connectivity index (χ0) is 24.2. The fourth-order valence-corrected chi connectivity index (χ4v) is 4.82. The van der Waals surface area contributed by atoms with Crippen molar-refractivity contribution in [3.63, 3.8) is 0 Å². The second-order valence-electron chi connectivity index (χ2n) is 8.05. The van der Waals surface area contributed by atoms with Crippen LogP contribution in [0, 0.1) is 13.8 Å². The summed E-state index contributed by atoms with van der Waals surface area (Å²) in [5.74, 6) is 1.14. The predicted molar refractivity (Wildman–Crippen MR) is 139 cm³/mol. The lowest BCUT2D eigenvalue weighted by molar-refractivity contribution is 0.0938. The van der Waals surface area contributed by atoms with E-state index in [4.69, 9.17) is 23.2 Å². The van der Waals surface area contributed by atoms with Crippen molar-refractivity contribution in [2.24, 2.45) is 0 Å². The number of amides is 1. The third-order valence-electron chi connectivity index (χ3n) is 5.49. The third-order valence-corrected chi connectivity index (χ3v) is 7.20. The highest BCUT2D eigenvalue weighted by molar-refractivity contribution is 7.98. The first-order valence-electron chi connectivity index (χ1n) is 10.8. The number of hydrogen-bond acceptors (Lipinski definition) is 4. The van der Waals surface area contributed by atoms with Gasteiger partial charge in [0.25, 0.3) is 5.91 Å². The maximum atomic E-state index is 12.9. The van der Waals surface area contributed by atoms with Crippen molar-refractivity contribution in [3.05, 3.63) is 105 Å². The number of benzene rings is 3. The molecular formula is C26H24Cl2N4OS. The molecule has 0 fully saturated rings. The molecule has 0 saturated carbocycles. The van der Waals surface area contributed by atoms with Crippen LogP contribution in [0.1, 0.15) is 45.8 Å². The van der Waals surface area contributed by atoms with Crippen molar-refractivity contribution in [2.45, 2.75) is 37.7 Å². The van der Waals surface area contributed by atoms with Gasteiger partial charge >= 0.3 is 0 Å². The first-order valence-corrected chi connectivity index (χ1v) is 12.5. The minimum atomic E-state index is -0.399. The smallest absolute Gasteiger partial charge is 0.251 e. The normalized spacial score (nSPS) is 11.9. The molecule has 0 saturated heterocycles. The van der Waals surface area contributed by atoms with Crippen molar-refractivity contribution >= 4 is 40.9 Å². The van der Waals surface area contributed by atoms with Gasteiger partial charge in [0.2, 0.25) is 0 Å². The fraction of sp³-hybridized carbons (Fsp3) is 0.192. The Morgan fingerprint density at radius 2 is 1.74 bits per heavy atom. The molecule has 3 aromatic carbocycles. The molecule has 1 N–H and O–H groups in total. The van der Waals surface area contributed by atoms with Crippen molar-refractivity contribution in [3.8, 4) is 5.69 Å². The van der Waals surface area contributed by atoms with Crippen LogP contribution in [0.4, 0.5) is 0 Å². The van der Waals surface area contributed by atoms with Gasteiger partial charge in [0.1, 0.15) is 0 Å². The minimum absolute atomic E-state index is 0.265. The van der Waals surface area contributed by atoms with Gasteiger partial charge in [-0.15, -0.1) is 10.2 Å². The molecule has 8 heteroatoms. The molecule has 4 aromatic rings. The van der Waals surface area contributed by atoms with Gasteiger partial charge in [-0.3, -0.25) is 9.36 Å². The summed E-state index contributed by atoms with van der Waals surface area (Å²) in [6.07, 6.45) is 0. The molecule has 0 unspecified atom stereocenters. The van der Waals surface area contributed by atoms with Gasteiger partial charge in [-0.2, -0.15) is 0 Å². The number of nitrogens with one attached hydrogen (secondary N) is 1. The van der Waals surface area contributed by atoms with Crippen LogP contribution in [-0.2, 0) is 5.75 Å². The summed E-state index contributed by atoms with van der Waals surface area (Å²) < 4.78 is 2.00. The average Bonchev–Trinajstić information content (AvgIpc) is 3.25. The average molecular weight is 511 g/mol. The van der Waals surface area contributed by atoms with Gasteiger partial charge in [-0.25, -0.2) is 0 Å². The van der Waals surface area contributed by atoms with Gasteiger partial charge in [0.15, 0.2) is 11.0 Å². The lowest BCUT2D eigenvalue weighted by Crippen LogP contribution is -2.28. The molecule has 0 bridgehead atoms. The Hall–Kier alpha value is -2.80. The number of aryl methyl sites for hydroxylation is 2. The minimum Gasteiger partial charge on any atom is -0.342 e. The number of aromatic nitrogens is 3. The highest BCUT2D eigenvalue weighted by Crippen LogP contribution is 2.29. The molecule has 0 spiro atoms. The Labute approximate surface area is 213 Å². The standard InChI is InChI=1S/C26H24Cl2N4OS/c1-16-8-11-21(12-9-16)32-24(18(3)29-25(33)19-10-13-22(27)23(28)14-19)30-31-26(32)34-15-20-7-5-4-6-17(20)2/h4-14,18H,15H2,1-3H3,(H,29,33)/t18-/m0/s1. The van der Waals surface area contributed by atoms with Crippen molar-refractivity contribution in [1.29, 1.82) is 0 Å². The van der Waals surface area contributed by atoms with E-state index in [1.54, 1.807) is 30.0 Å². The van der Waals surface area contributed by atoms with Gasteiger partial charge in [0.05, 0.1) is 16.1 Å². The number of carbonyl (C=O) groups excluding carboxylic acids is 1. The summed E-state index contributed by atoms with van der Waals surface area (Å²) in [4.78, 5) is 12.9. The van der Waals surface area contributed by atoms with Gasteiger partial charge in [-0.1, -0.05) is 76.9 Å². The van der Waals surface area contributed by atoms with E-state index in [2.05, 4.69) is 34.6 Å². The quantitative estimate of drug-likeness (QED) is 0.272. The molecule has 0 aliphatic carbocycles. The third kappa shape index (κ3) is 5.46. The molecule has 34 heavy (non-hydrogen) atoms. The number of rotatable bonds is 7. The summed E-state index contributed by atoms with van der Waals surface area (Å²) in [7, 11) is 0. The summed E-state index contributed by atoms with van der Waals surface area (Å²) in [6.45, 7) is 6.04. The molecule has 1 amide bonds. The zero-order valence-corrected chi connectivity index (χ0v) is 21.4. The van der Waals surface area contributed by atoms with Crippen molar-refractivity contribution in [2.75, 3.05) is 0 Å². The van der Waals surface area contributed by atoms with E-state index in [1.165, 1.54) is 11.1 Å². The van der Waals surface area contributed by atoms with Crippen LogP contribution in [0.3, 0.4) is 0 Å². The second-order valence-corrected chi connectivity index (χ2v) is 9.81. The van der Waals surface area contributed by atoms with E-state index in [0.29, 0.717) is 21.4 Å². The van der Waals surface area contributed by atoms with Gasteiger partial charge in [-0.05, 0) is 62.2 Å². The molecule has 0 aliphatic rings. The van der Waals surface area contributed by atoms with Crippen LogP contribution in [0.15, 0.2) is 71.9 Å². The second kappa shape index (κ2) is 10.6. The van der Waals surface area contributed by atoms with E-state index < -0.39 is 6.04 Å². The maximum Gasteiger partial charge on any atom is 0.251 e. The number of thioether (sulfide) groups is 1. The molecule has 4 rings (SSSR count). The summed E-state index contributed by atoms with van der Waals surface area (Å²) in [5, 5.41) is 13.4. The molecule has 0 aliphatic heterocycles. The van der Waals surface area contributed by atoms with Gasteiger partial charge in [0, 0.05) is 17.0 Å².